The maximum Gasteiger partial charge on any atom is 0.243 e. The van der Waals surface area contributed by atoms with Crippen molar-refractivity contribution in [2.45, 2.75) is 30.2 Å². The smallest absolute Gasteiger partial charge is 0.243 e. The van der Waals surface area contributed by atoms with Crippen molar-refractivity contribution in [3.8, 4) is 0 Å². The molecule has 116 valence electrons. The summed E-state index contributed by atoms with van der Waals surface area (Å²) in [6, 6.07) is 4.29. The summed E-state index contributed by atoms with van der Waals surface area (Å²) in [7, 11) is -3.85. The van der Waals surface area contributed by atoms with Crippen molar-refractivity contribution >= 4 is 15.7 Å². The normalized spacial score (nSPS) is 23.6. The molecule has 0 spiro atoms. The molecule has 3 rings (SSSR count). The van der Waals surface area contributed by atoms with Gasteiger partial charge in [-0.25, -0.2) is 17.5 Å². The van der Waals surface area contributed by atoms with E-state index in [1.165, 1.54) is 18.9 Å². The van der Waals surface area contributed by atoms with Crippen LogP contribution in [0.25, 0.3) is 0 Å². The molecule has 1 unspecified atom stereocenters. The van der Waals surface area contributed by atoms with Crippen molar-refractivity contribution in [2.24, 2.45) is 5.92 Å². The number of hydrogen-bond acceptors (Lipinski definition) is 4. The Morgan fingerprint density at radius 3 is 2.81 bits per heavy atom. The molecule has 2 fully saturated rings. The molecule has 1 heterocycles. The quantitative estimate of drug-likeness (QED) is 0.800. The zero-order valence-corrected chi connectivity index (χ0v) is 12.6. The van der Waals surface area contributed by atoms with E-state index in [4.69, 9.17) is 5.73 Å². The molecule has 0 bridgehead atoms. The first-order valence-electron chi connectivity index (χ1n) is 7.24. The number of nitrogens with one attached hydrogen (secondary N) is 1. The average molecular weight is 313 g/mol. The monoisotopic (exact) mass is 313 g/mol. The highest BCUT2D eigenvalue weighted by Gasteiger charge is 2.34. The van der Waals surface area contributed by atoms with Gasteiger partial charge in [0.1, 0.15) is 10.7 Å². The van der Waals surface area contributed by atoms with E-state index < -0.39 is 15.8 Å². The van der Waals surface area contributed by atoms with E-state index in [2.05, 4.69) is 9.62 Å². The molecule has 1 aliphatic carbocycles. The van der Waals surface area contributed by atoms with E-state index in [9.17, 15) is 12.8 Å². The molecule has 7 heteroatoms. The van der Waals surface area contributed by atoms with Crippen LogP contribution in [-0.4, -0.2) is 39.0 Å². The predicted octanol–water partition coefficient (Wildman–Crippen LogP) is 1.17. The summed E-state index contributed by atoms with van der Waals surface area (Å²) in [6.07, 6.45) is 3.50. The summed E-state index contributed by atoms with van der Waals surface area (Å²) in [5.74, 6) is -0.479. The van der Waals surface area contributed by atoms with Gasteiger partial charge in [0.05, 0.1) is 0 Å². The minimum atomic E-state index is -3.85. The predicted molar refractivity (Wildman–Crippen MR) is 78.7 cm³/mol. The van der Waals surface area contributed by atoms with Crippen LogP contribution in [0.5, 0.6) is 0 Å². The molecule has 1 aliphatic heterocycles. The van der Waals surface area contributed by atoms with E-state index in [-0.39, 0.29) is 10.6 Å². The summed E-state index contributed by atoms with van der Waals surface area (Å²) in [5, 5.41) is 0. The number of halogens is 1. The van der Waals surface area contributed by atoms with Crippen molar-refractivity contribution in [3.63, 3.8) is 0 Å². The summed E-state index contributed by atoms with van der Waals surface area (Å²) in [4.78, 5) is 2.04. The second-order valence-corrected chi connectivity index (χ2v) is 7.66. The molecule has 2 aliphatic rings. The fourth-order valence-corrected chi connectivity index (χ4v) is 4.06. The lowest BCUT2D eigenvalue weighted by Crippen LogP contribution is -2.32. The standard InChI is InChI=1S/C14H20FN3O2S/c15-13-4-1-11(16)7-14(13)21(19,20)17-8-10-5-6-18(9-10)12-2-3-12/h1,4,7,10,12,17H,2-3,5-6,8-9,16H2. The number of anilines is 1. The first kappa shape index (κ1) is 14.7. The minimum absolute atomic E-state index is 0.234. The SMILES string of the molecule is Nc1ccc(F)c(S(=O)(=O)NCC2CCN(C3CC3)C2)c1. The summed E-state index contributed by atoms with van der Waals surface area (Å²) < 4.78 is 40.5. The van der Waals surface area contributed by atoms with Crippen molar-refractivity contribution < 1.29 is 12.8 Å². The molecule has 1 saturated heterocycles. The molecule has 0 radical (unpaired) electrons. The maximum absolute atomic E-state index is 13.7. The Morgan fingerprint density at radius 1 is 1.33 bits per heavy atom. The molecular formula is C14H20FN3O2S. The number of nitrogen functional groups attached to an aromatic ring is 1. The van der Waals surface area contributed by atoms with Gasteiger partial charge in [0.2, 0.25) is 10.0 Å². The van der Waals surface area contributed by atoms with Crippen molar-refractivity contribution in [2.75, 3.05) is 25.4 Å². The van der Waals surface area contributed by atoms with Crippen LogP contribution in [0.4, 0.5) is 10.1 Å². The molecule has 21 heavy (non-hydrogen) atoms. The molecule has 1 saturated carbocycles. The van der Waals surface area contributed by atoms with Gasteiger partial charge in [-0.15, -0.1) is 0 Å². The van der Waals surface area contributed by atoms with Gasteiger partial charge in [-0.1, -0.05) is 0 Å². The van der Waals surface area contributed by atoms with Crippen molar-refractivity contribution in [1.82, 2.24) is 9.62 Å². The van der Waals surface area contributed by atoms with Gasteiger partial charge in [-0.05, 0) is 49.9 Å². The number of sulfonamides is 1. The molecule has 1 aromatic rings. The fraction of sp³-hybridized carbons (Fsp3) is 0.571. The van der Waals surface area contributed by atoms with Gasteiger partial charge >= 0.3 is 0 Å². The lowest BCUT2D eigenvalue weighted by atomic mass is 10.1. The lowest BCUT2D eigenvalue weighted by Gasteiger charge is -2.15. The van der Waals surface area contributed by atoms with Crippen molar-refractivity contribution in [1.29, 1.82) is 0 Å². The Kier molecular flexibility index (Phi) is 3.90. The summed E-state index contributed by atoms with van der Waals surface area (Å²) in [5.41, 5.74) is 5.77. The highest BCUT2D eigenvalue weighted by Crippen LogP contribution is 2.31. The highest BCUT2D eigenvalue weighted by atomic mass is 32.2. The van der Waals surface area contributed by atoms with E-state index in [0.717, 1.165) is 31.6 Å². The summed E-state index contributed by atoms with van der Waals surface area (Å²) >= 11 is 0. The third-order valence-corrected chi connectivity index (χ3v) is 5.63. The Morgan fingerprint density at radius 2 is 2.10 bits per heavy atom. The number of likely N-dealkylation sites (tertiary alicyclic amines) is 1. The first-order valence-corrected chi connectivity index (χ1v) is 8.73. The largest absolute Gasteiger partial charge is 0.399 e. The lowest BCUT2D eigenvalue weighted by molar-refractivity contribution is 0.314. The number of hydrogen-bond donors (Lipinski definition) is 2. The van der Waals surface area contributed by atoms with E-state index in [0.29, 0.717) is 18.5 Å². The van der Waals surface area contributed by atoms with Gasteiger partial charge in [0, 0.05) is 24.8 Å². The Hall–Kier alpha value is -1.18. The zero-order chi connectivity index (χ0) is 15.0. The van der Waals surface area contributed by atoms with E-state index in [1.807, 2.05) is 0 Å². The maximum atomic E-state index is 13.7. The molecule has 1 atom stereocenters. The van der Waals surface area contributed by atoms with Gasteiger partial charge in [-0.2, -0.15) is 0 Å². The number of benzene rings is 1. The summed E-state index contributed by atoms with van der Waals surface area (Å²) in [6.45, 7) is 2.30. The van der Waals surface area contributed by atoms with Crippen LogP contribution in [0.15, 0.2) is 23.1 Å². The third-order valence-electron chi connectivity index (χ3n) is 4.19. The van der Waals surface area contributed by atoms with E-state index in [1.54, 1.807) is 0 Å². The first-order chi connectivity index (χ1) is 9.95. The van der Waals surface area contributed by atoms with E-state index >= 15 is 0 Å². The zero-order valence-electron chi connectivity index (χ0n) is 11.8. The Balaban J connectivity index is 1.62. The Bertz CT molecular complexity index is 631. The Labute approximate surface area is 124 Å². The van der Waals surface area contributed by atoms with Crippen LogP contribution >= 0.6 is 0 Å². The van der Waals surface area contributed by atoms with Crippen LogP contribution in [0.1, 0.15) is 19.3 Å². The third kappa shape index (κ3) is 3.36. The molecular weight excluding hydrogens is 293 g/mol. The molecule has 0 amide bonds. The van der Waals surface area contributed by atoms with Crippen LogP contribution in [0, 0.1) is 11.7 Å². The molecule has 0 aromatic heterocycles. The van der Waals surface area contributed by atoms with Crippen LogP contribution in [0.2, 0.25) is 0 Å². The van der Waals surface area contributed by atoms with Gasteiger partial charge in [0.25, 0.3) is 0 Å². The highest BCUT2D eigenvalue weighted by molar-refractivity contribution is 7.89. The van der Waals surface area contributed by atoms with Gasteiger partial charge in [0.15, 0.2) is 0 Å². The average Bonchev–Trinajstić information content (AvgIpc) is 3.18. The van der Waals surface area contributed by atoms with Crippen LogP contribution in [0.3, 0.4) is 0 Å². The fourth-order valence-electron chi connectivity index (χ4n) is 2.83. The number of nitrogens with two attached hydrogens (primary N) is 1. The van der Waals surface area contributed by atoms with Crippen LogP contribution in [-0.2, 0) is 10.0 Å². The van der Waals surface area contributed by atoms with Crippen molar-refractivity contribution in [3.05, 3.63) is 24.0 Å². The molecule has 3 N–H and O–H groups in total. The number of rotatable bonds is 5. The van der Waals surface area contributed by atoms with Gasteiger partial charge in [-0.3, -0.25) is 0 Å². The second-order valence-electron chi connectivity index (χ2n) is 5.92. The molecule has 5 nitrogen and oxygen atoms in total. The second kappa shape index (κ2) is 5.55. The molecule has 1 aromatic carbocycles. The van der Waals surface area contributed by atoms with Gasteiger partial charge < -0.3 is 10.6 Å². The topological polar surface area (TPSA) is 75.4 Å². The van der Waals surface area contributed by atoms with Crippen LogP contribution < -0.4 is 10.5 Å². The number of nitrogens with zero attached hydrogens (tertiary/aromatic N) is 1. The minimum Gasteiger partial charge on any atom is -0.399 e.